The predicted octanol–water partition coefficient (Wildman–Crippen LogP) is 7.83. The van der Waals surface area contributed by atoms with Crippen molar-refractivity contribution in [2.24, 2.45) is 5.92 Å². The molecule has 186 valence electrons. The molecule has 5 rings (SSSR count). The van der Waals surface area contributed by atoms with Crippen LogP contribution in [-0.2, 0) is 11.2 Å². The van der Waals surface area contributed by atoms with E-state index in [1.54, 1.807) is 12.1 Å². The monoisotopic (exact) mass is 481 g/mol. The Bertz CT molecular complexity index is 1070. The predicted molar refractivity (Wildman–Crippen MR) is 134 cm³/mol. The SMILES string of the molecule is CCCCOC(C1C=Cc2ccccc21)N1CCC2CC(c3ccc(CC(F)(F)F)cc3)CC=C21. The summed E-state index contributed by atoms with van der Waals surface area (Å²) in [4.78, 5) is 2.50. The molecular formula is C30H34F3NO. The fourth-order valence-electron chi connectivity index (χ4n) is 5.98. The minimum absolute atomic E-state index is 0.00379. The van der Waals surface area contributed by atoms with E-state index in [2.05, 4.69) is 54.3 Å². The van der Waals surface area contributed by atoms with E-state index in [-0.39, 0.29) is 12.1 Å². The number of unbranched alkanes of at least 4 members (excludes halogenated alkanes) is 1. The van der Waals surface area contributed by atoms with Crippen molar-refractivity contribution in [2.75, 3.05) is 13.2 Å². The van der Waals surface area contributed by atoms with Crippen LogP contribution in [0.5, 0.6) is 0 Å². The van der Waals surface area contributed by atoms with Gasteiger partial charge in [0, 0.05) is 30.7 Å². The summed E-state index contributed by atoms with van der Waals surface area (Å²) < 4.78 is 44.7. The molecule has 2 aromatic carbocycles. The number of hydrogen-bond donors (Lipinski definition) is 0. The second-order valence-corrected chi connectivity index (χ2v) is 10.1. The van der Waals surface area contributed by atoms with E-state index < -0.39 is 12.6 Å². The summed E-state index contributed by atoms with van der Waals surface area (Å²) in [6.07, 6.45) is 7.07. The molecule has 0 aromatic heterocycles. The van der Waals surface area contributed by atoms with Crippen molar-refractivity contribution in [2.45, 2.75) is 69.7 Å². The molecule has 5 heteroatoms. The van der Waals surface area contributed by atoms with Gasteiger partial charge in [0.2, 0.25) is 0 Å². The third-order valence-corrected chi connectivity index (χ3v) is 7.74. The first-order valence-electron chi connectivity index (χ1n) is 12.9. The maximum atomic E-state index is 12.7. The zero-order valence-corrected chi connectivity index (χ0v) is 20.3. The summed E-state index contributed by atoms with van der Waals surface area (Å²) in [6.45, 7) is 3.93. The number of rotatable bonds is 8. The van der Waals surface area contributed by atoms with Gasteiger partial charge in [-0.05, 0) is 53.9 Å². The highest BCUT2D eigenvalue weighted by molar-refractivity contribution is 5.62. The Morgan fingerprint density at radius 3 is 2.63 bits per heavy atom. The van der Waals surface area contributed by atoms with Crippen molar-refractivity contribution in [3.8, 4) is 0 Å². The van der Waals surface area contributed by atoms with E-state index in [0.29, 0.717) is 17.4 Å². The normalized spacial score (nSPS) is 24.3. The summed E-state index contributed by atoms with van der Waals surface area (Å²) in [5, 5.41) is 0. The van der Waals surface area contributed by atoms with Gasteiger partial charge in [-0.15, -0.1) is 0 Å². The molecule has 0 amide bonds. The lowest BCUT2D eigenvalue weighted by Gasteiger charge is -2.37. The fraction of sp³-hybridized carbons (Fsp3) is 0.467. The van der Waals surface area contributed by atoms with Crippen molar-refractivity contribution in [1.82, 2.24) is 4.90 Å². The molecule has 1 aliphatic heterocycles. The summed E-state index contributed by atoms with van der Waals surface area (Å²) in [6, 6.07) is 15.7. The highest BCUT2D eigenvalue weighted by Gasteiger charge is 2.40. The third-order valence-electron chi connectivity index (χ3n) is 7.74. The van der Waals surface area contributed by atoms with E-state index in [9.17, 15) is 13.2 Å². The van der Waals surface area contributed by atoms with Gasteiger partial charge in [-0.25, -0.2) is 0 Å². The molecule has 35 heavy (non-hydrogen) atoms. The van der Waals surface area contributed by atoms with Crippen LogP contribution in [0.3, 0.4) is 0 Å². The minimum atomic E-state index is -4.16. The molecule has 4 atom stereocenters. The van der Waals surface area contributed by atoms with E-state index >= 15 is 0 Å². The highest BCUT2D eigenvalue weighted by atomic mass is 19.4. The van der Waals surface area contributed by atoms with Gasteiger partial charge in [-0.3, -0.25) is 0 Å². The van der Waals surface area contributed by atoms with Crippen LogP contribution in [0.15, 0.2) is 66.4 Å². The molecule has 0 saturated carbocycles. The molecule has 4 unspecified atom stereocenters. The van der Waals surface area contributed by atoms with Crippen LogP contribution in [0.1, 0.15) is 73.1 Å². The van der Waals surface area contributed by atoms with Gasteiger partial charge in [0.1, 0.15) is 6.23 Å². The zero-order chi connectivity index (χ0) is 24.4. The van der Waals surface area contributed by atoms with Gasteiger partial charge in [-0.2, -0.15) is 13.2 Å². The summed E-state index contributed by atoms with van der Waals surface area (Å²) in [5.41, 5.74) is 5.49. The van der Waals surface area contributed by atoms with Crippen molar-refractivity contribution in [3.63, 3.8) is 0 Å². The number of likely N-dealkylation sites (tertiary alicyclic amines) is 1. The highest BCUT2D eigenvalue weighted by Crippen LogP contribution is 2.46. The molecule has 2 aromatic rings. The first kappa shape index (κ1) is 24.2. The Morgan fingerprint density at radius 1 is 1.06 bits per heavy atom. The number of benzene rings is 2. The number of ether oxygens (including phenoxy) is 1. The molecule has 0 radical (unpaired) electrons. The average molecular weight is 482 g/mol. The van der Waals surface area contributed by atoms with Crippen molar-refractivity contribution in [1.29, 1.82) is 0 Å². The van der Waals surface area contributed by atoms with Crippen LogP contribution >= 0.6 is 0 Å². The molecule has 1 fully saturated rings. The Labute approximate surface area is 206 Å². The zero-order valence-electron chi connectivity index (χ0n) is 20.3. The molecule has 0 bridgehead atoms. The Balaban J connectivity index is 1.32. The first-order chi connectivity index (χ1) is 16.9. The number of allylic oxidation sites excluding steroid dienone is 2. The second kappa shape index (κ2) is 10.2. The second-order valence-electron chi connectivity index (χ2n) is 10.1. The Kier molecular flexibility index (Phi) is 7.06. The molecule has 0 spiro atoms. The van der Waals surface area contributed by atoms with Crippen LogP contribution in [-0.4, -0.2) is 30.5 Å². The van der Waals surface area contributed by atoms with E-state index in [1.165, 1.54) is 16.8 Å². The smallest absolute Gasteiger partial charge is 0.357 e. The Hall–Kier alpha value is -2.53. The Morgan fingerprint density at radius 2 is 1.86 bits per heavy atom. The summed E-state index contributed by atoms with van der Waals surface area (Å²) in [7, 11) is 0. The van der Waals surface area contributed by atoms with Crippen LogP contribution in [0.25, 0.3) is 6.08 Å². The molecule has 2 aliphatic carbocycles. The van der Waals surface area contributed by atoms with Gasteiger partial charge >= 0.3 is 6.18 Å². The number of halogens is 3. The topological polar surface area (TPSA) is 12.5 Å². The van der Waals surface area contributed by atoms with Crippen molar-refractivity contribution >= 4 is 6.08 Å². The maximum Gasteiger partial charge on any atom is 0.393 e. The van der Waals surface area contributed by atoms with Crippen molar-refractivity contribution < 1.29 is 17.9 Å². The largest absolute Gasteiger partial charge is 0.393 e. The lowest BCUT2D eigenvalue weighted by atomic mass is 9.80. The van der Waals surface area contributed by atoms with Gasteiger partial charge in [0.05, 0.1) is 6.42 Å². The molecule has 2 nitrogen and oxygen atoms in total. The van der Waals surface area contributed by atoms with Crippen LogP contribution < -0.4 is 0 Å². The first-order valence-corrected chi connectivity index (χ1v) is 12.9. The molecular weight excluding hydrogens is 447 g/mol. The summed E-state index contributed by atoms with van der Waals surface area (Å²) in [5.74, 6) is 1.05. The maximum absolute atomic E-state index is 12.7. The van der Waals surface area contributed by atoms with Gasteiger partial charge in [-0.1, -0.05) is 80.1 Å². The lowest BCUT2D eigenvalue weighted by molar-refractivity contribution is -0.127. The van der Waals surface area contributed by atoms with Gasteiger partial charge in [0.15, 0.2) is 0 Å². The van der Waals surface area contributed by atoms with E-state index in [4.69, 9.17) is 4.74 Å². The fourth-order valence-corrected chi connectivity index (χ4v) is 5.98. The van der Waals surface area contributed by atoms with Crippen LogP contribution in [0.2, 0.25) is 0 Å². The number of fused-ring (bicyclic) bond motifs is 2. The molecule has 1 heterocycles. The number of alkyl halides is 3. The van der Waals surface area contributed by atoms with Gasteiger partial charge < -0.3 is 9.64 Å². The molecule has 1 saturated heterocycles. The van der Waals surface area contributed by atoms with E-state index in [0.717, 1.165) is 50.8 Å². The number of nitrogens with zero attached hydrogens (tertiary/aromatic N) is 1. The summed E-state index contributed by atoms with van der Waals surface area (Å²) >= 11 is 0. The van der Waals surface area contributed by atoms with Crippen LogP contribution in [0.4, 0.5) is 13.2 Å². The minimum Gasteiger partial charge on any atom is -0.357 e. The van der Waals surface area contributed by atoms with Crippen molar-refractivity contribution in [3.05, 3.63) is 88.6 Å². The number of hydrogen-bond acceptors (Lipinski definition) is 2. The third kappa shape index (κ3) is 5.35. The van der Waals surface area contributed by atoms with Gasteiger partial charge in [0.25, 0.3) is 0 Å². The molecule has 3 aliphatic rings. The molecule has 0 N–H and O–H groups in total. The average Bonchev–Trinajstić information content (AvgIpc) is 3.46. The van der Waals surface area contributed by atoms with E-state index in [1.807, 2.05) is 12.1 Å². The quantitative estimate of drug-likeness (QED) is 0.356. The van der Waals surface area contributed by atoms with Crippen LogP contribution in [0, 0.1) is 5.92 Å². The standard InChI is InChI=1S/C30H34F3NO/c1-2-3-18-35-29(27-14-12-23-6-4-5-7-26(23)27)34-17-16-25-19-24(13-15-28(25)34)22-10-8-21(9-11-22)20-30(31,32)33/h4-12,14-15,24-25,27,29H,2-3,13,16-20H2,1H3. The lowest BCUT2D eigenvalue weighted by Crippen LogP contribution is -2.39.